The SMILES string of the molecule is CCCn1c(SCC(=O)O)nnc1N1CCCCCC1C. The fourth-order valence-corrected chi connectivity index (χ4v) is 3.40. The average molecular weight is 312 g/mol. The Morgan fingerprint density at radius 1 is 1.38 bits per heavy atom. The van der Waals surface area contributed by atoms with Crippen LogP contribution in [0, 0.1) is 0 Å². The summed E-state index contributed by atoms with van der Waals surface area (Å²) in [6.07, 6.45) is 5.87. The average Bonchev–Trinajstić information content (AvgIpc) is 2.71. The molecule has 2 heterocycles. The van der Waals surface area contributed by atoms with Crippen LogP contribution in [0.4, 0.5) is 5.95 Å². The van der Waals surface area contributed by atoms with Crippen molar-refractivity contribution in [2.45, 2.75) is 63.7 Å². The highest BCUT2D eigenvalue weighted by molar-refractivity contribution is 7.99. The van der Waals surface area contributed by atoms with Crippen LogP contribution in [0.2, 0.25) is 0 Å². The van der Waals surface area contributed by atoms with Crippen LogP contribution in [0.25, 0.3) is 0 Å². The van der Waals surface area contributed by atoms with Crippen molar-refractivity contribution in [1.82, 2.24) is 14.8 Å². The molecule has 1 aliphatic heterocycles. The summed E-state index contributed by atoms with van der Waals surface area (Å²) in [6, 6.07) is 0.463. The molecule has 0 spiro atoms. The van der Waals surface area contributed by atoms with E-state index < -0.39 is 5.97 Å². The minimum Gasteiger partial charge on any atom is -0.481 e. The summed E-state index contributed by atoms with van der Waals surface area (Å²) in [4.78, 5) is 13.1. The lowest BCUT2D eigenvalue weighted by molar-refractivity contribution is -0.133. The zero-order valence-electron chi connectivity index (χ0n) is 12.8. The molecule has 1 aromatic heterocycles. The molecule has 0 bridgehead atoms. The van der Waals surface area contributed by atoms with Gasteiger partial charge >= 0.3 is 5.97 Å². The predicted molar refractivity (Wildman–Crippen MR) is 83.9 cm³/mol. The van der Waals surface area contributed by atoms with Gasteiger partial charge in [0, 0.05) is 19.1 Å². The Morgan fingerprint density at radius 2 is 2.19 bits per heavy atom. The first kappa shape index (κ1) is 16.1. The van der Waals surface area contributed by atoms with Crippen LogP contribution < -0.4 is 4.90 Å². The van der Waals surface area contributed by atoms with Crippen LogP contribution in [0.1, 0.15) is 46.0 Å². The van der Waals surface area contributed by atoms with E-state index in [2.05, 4.69) is 33.5 Å². The first-order chi connectivity index (χ1) is 10.1. The second-order valence-corrected chi connectivity index (χ2v) is 6.45. The predicted octanol–water partition coefficient (Wildman–Crippen LogP) is 2.63. The van der Waals surface area contributed by atoms with Crippen molar-refractivity contribution < 1.29 is 9.90 Å². The van der Waals surface area contributed by atoms with E-state index in [4.69, 9.17) is 5.11 Å². The van der Waals surface area contributed by atoms with Crippen LogP contribution in [0.15, 0.2) is 5.16 Å². The Balaban J connectivity index is 2.22. The molecule has 0 amide bonds. The maximum Gasteiger partial charge on any atom is 0.313 e. The molecule has 6 nitrogen and oxygen atoms in total. The molecule has 2 rings (SSSR count). The van der Waals surface area contributed by atoms with Crippen LogP contribution in [-0.2, 0) is 11.3 Å². The first-order valence-electron chi connectivity index (χ1n) is 7.68. The number of hydrogen-bond acceptors (Lipinski definition) is 5. The molecule has 1 aliphatic rings. The number of carbonyl (C=O) groups is 1. The lowest BCUT2D eigenvalue weighted by Crippen LogP contribution is -2.34. The monoisotopic (exact) mass is 312 g/mol. The van der Waals surface area contributed by atoms with E-state index in [0.717, 1.165) is 25.5 Å². The maximum atomic E-state index is 10.8. The molecule has 0 aromatic carbocycles. The molecule has 1 aromatic rings. The lowest BCUT2D eigenvalue weighted by atomic mass is 10.1. The second kappa shape index (κ2) is 7.68. The van der Waals surface area contributed by atoms with Crippen LogP contribution in [0.3, 0.4) is 0 Å². The summed E-state index contributed by atoms with van der Waals surface area (Å²) in [5.41, 5.74) is 0. The normalized spacial score (nSPS) is 19.5. The van der Waals surface area contributed by atoms with Gasteiger partial charge in [0.25, 0.3) is 0 Å². The van der Waals surface area contributed by atoms with E-state index in [0.29, 0.717) is 11.2 Å². The number of carboxylic acids is 1. The number of aliphatic carboxylic acids is 1. The highest BCUT2D eigenvalue weighted by Gasteiger charge is 2.24. The highest BCUT2D eigenvalue weighted by atomic mass is 32.2. The Labute approximate surface area is 129 Å². The molecule has 0 aliphatic carbocycles. The Hall–Kier alpha value is -1.24. The van der Waals surface area contributed by atoms with Crippen molar-refractivity contribution >= 4 is 23.7 Å². The third kappa shape index (κ3) is 4.12. The molecule has 1 fully saturated rings. The molecule has 1 unspecified atom stereocenters. The Bertz CT molecular complexity index is 478. The van der Waals surface area contributed by atoms with E-state index >= 15 is 0 Å². The smallest absolute Gasteiger partial charge is 0.313 e. The van der Waals surface area contributed by atoms with Crippen LogP contribution in [0.5, 0.6) is 0 Å². The maximum absolute atomic E-state index is 10.8. The third-order valence-corrected chi connectivity index (χ3v) is 4.73. The van der Waals surface area contributed by atoms with Crippen molar-refractivity contribution in [1.29, 1.82) is 0 Å². The standard InChI is InChI=1S/C14H24N4O2S/c1-3-8-18-13(15-16-14(18)21-10-12(19)20)17-9-6-4-5-7-11(17)2/h11H,3-10H2,1-2H3,(H,19,20). The molecule has 1 N–H and O–H groups in total. The number of anilines is 1. The topological polar surface area (TPSA) is 71.2 Å². The molecule has 21 heavy (non-hydrogen) atoms. The summed E-state index contributed by atoms with van der Waals surface area (Å²) in [6.45, 7) is 6.18. The van der Waals surface area contributed by atoms with Crippen molar-refractivity contribution in [3.8, 4) is 0 Å². The van der Waals surface area contributed by atoms with Gasteiger partial charge in [0.2, 0.25) is 5.95 Å². The van der Waals surface area contributed by atoms with E-state index in [-0.39, 0.29) is 5.75 Å². The largest absolute Gasteiger partial charge is 0.481 e. The third-order valence-electron chi connectivity index (χ3n) is 3.78. The Morgan fingerprint density at radius 3 is 2.90 bits per heavy atom. The fraction of sp³-hybridized carbons (Fsp3) is 0.786. The Kier molecular flexibility index (Phi) is 5.90. The van der Waals surface area contributed by atoms with Gasteiger partial charge in [-0.25, -0.2) is 0 Å². The van der Waals surface area contributed by atoms with E-state index in [1.54, 1.807) is 0 Å². The highest BCUT2D eigenvalue weighted by Crippen LogP contribution is 2.27. The van der Waals surface area contributed by atoms with Crippen molar-refractivity contribution in [2.75, 3.05) is 17.2 Å². The molecule has 1 saturated heterocycles. The van der Waals surface area contributed by atoms with Gasteiger partial charge in [-0.3, -0.25) is 9.36 Å². The first-order valence-corrected chi connectivity index (χ1v) is 8.66. The number of aromatic nitrogens is 3. The van der Waals surface area contributed by atoms with E-state index in [1.165, 1.54) is 37.4 Å². The van der Waals surface area contributed by atoms with Gasteiger partial charge in [-0.1, -0.05) is 31.5 Å². The van der Waals surface area contributed by atoms with Gasteiger partial charge in [-0.05, 0) is 26.2 Å². The van der Waals surface area contributed by atoms with E-state index in [9.17, 15) is 4.79 Å². The summed E-state index contributed by atoms with van der Waals surface area (Å²) in [5, 5.41) is 18.1. The van der Waals surface area contributed by atoms with Crippen molar-refractivity contribution in [3.05, 3.63) is 0 Å². The van der Waals surface area contributed by atoms with Gasteiger partial charge in [0.15, 0.2) is 5.16 Å². The van der Waals surface area contributed by atoms with Crippen molar-refractivity contribution in [2.24, 2.45) is 0 Å². The zero-order chi connectivity index (χ0) is 15.2. The molecule has 118 valence electrons. The molecule has 0 radical (unpaired) electrons. The number of rotatable bonds is 6. The summed E-state index contributed by atoms with van der Waals surface area (Å²) in [7, 11) is 0. The quantitative estimate of drug-likeness (QED) is 0.814. The summed E-state index contributed by atoms with van der Waals surface area (Å²) in [5.74, 6) is 0.104. The fourth-order valence-electron chi connectivity index (χ4n) is 2.72. The molecular formula is C14H24N4O2S. The number of carboxylic acid groups (broad SMARTS) is 1. The molecular weight excluding hydrogens is 288 g/mol. The lowest BCUT2D eigenvalue weighted by Gasteiger charge is -2.28. The van der Waals surface area contributed by atoms with Gasteiger partial charge < -0.3 is 10.0 Å². The molecule has 1 atom stereocenters. The number of nitrogens with zero attached hydrogens (tertiary/aromatic N) is 4. The minimum atomic E-state index is -0.823. The van der Waals surface area contributed by atoms with Gasteiger partial charge in [-0.2, -0.15) is 0 Å². The molecule has 7 heteroatoms. The van der Waals surface area contributed by atoms with E-state index in [1.807, 2.05) is 0 Å². The van der Waals surface area contributed by atoms with Crippen LogP contribution in [-0.4, -0.2) is 44.2 Å². The van der Waals surface area contributed by atoms with Crippen LogP contribution >= 0.6 is 11.8 Å². The number of thioether (sulfide) groups is 1. The van der Waals surface area contributed by atoms with Gasteiger partial charge in [-0.15, -0.1) is 10.2 Å². The van der Waals surface area contributed by atoms with Gasteiger partial charge in [0.1, 0.15) is 0 Å². The molecule has 0 saturated carbocycles. The van der Waals surface area contributed by atoms with Gasteiger partial charge in [0.05, 0.1) is 5.75 Å². The van der Waals surface area contributed by atoms with Crippen molar-refractivity contribution in [3.63, 3.8) is 0 Å². The zero-order valence-corrected chi connectivity index (χ0v) is 13.6. The second-order valence-electron chi connectivity index (χ2n) is 5.51. The minimum absolute atomic E-state index is 0.0252. The number of hydrogen-bond donors (Lipinski definition) is 1. The summed E-state index contributed by atoms with van der Waals surface area (Å²) >= 11 is 1.25. The summed E-state index contributed by atoms with van der Waals surface area (Å²) < 4.78 is 2.08.